The van der Waals surface area contributed by atoms with Crippen LogP contribution < -0.4 is 15.0 Å². The lowest BCUT2D eigenvalue weighted by Gasteiger charge is -2.09. The second-order valence-corrected chi connectivity index (χ2v) is 6.89. The van der Waals surface area contributed by atoms with Gasteiger partial charge >= 0.3 is 0 Å². The third kappa shape index (κ3) is 3.65. The molecule has 2 aromatic carbocycles. The van der Waals surface area contributed by atoms with Gasteiger partial charge in [-0.15, -0.1) is 4.83 Å². The number of carbonyl (C=O) groups is 1. The van der Waals surface area contributed by atoms with E-state index in [1.807, 2.05) is 19.1 Å². The van der Waals surface area contributed by atoms with Crippen LogP contribution in [0.5, 0.6) is 5.75 Å². The van der Waals surface area contributed by atoms with Gasteiger partial charge in [-0.1, -0.05) is 18.2 Å². The van der Waals surface area contributed by atoms with E-state index in [0.29, 0.717) is 23.3 Å². The topological polar surface area (TPSA) is 100 Å². The van der Waals surface area contributed by atoms with Gasteiger partial charge in [0.25, 0.3) is 15.9 Å². The molecular weight excluding hydrogens is 342 g/mol. The van der Waals surface area contributed by atoms with Crippen LogP contribution in [-0.4, -0.2) is 25.9 Å². The van der Waals surface area contributed by atoms with Crippen molar-refractivity contribution in [1.29, 1.82) is 0 Å². The maximum absolute atomic E-state index is 12.3. The molecule has 1 amide bonds. The summed E-state index contributed by atoms with van der Waals surface area (Å²) < 4.78 is 29.8. The first-order chi connectivity index (χ1) is 12.0. The number of nitrogens with one attached hydrogen (secondary N) is 3. The van der Waals surface area contributed by atoms with Gasteiger partial charge in [0.2, 0.25) is 0 Å². The molecule has 3 N–H and O–H groups in total. The molecule has 130 valence electrons. The predicted octanol–water partition coefficient (Wildman–Crippen LogP) is 2.19. The van der Waals surface area contributed by atoms with Gasteiger partial charge in [0, 0.05) is 17.1 Å². The summed E-state index contributed by atoms with van der Waals surface area (Å²) >= 11 is 0. The highest BCUT2D eigenvalue weighted by Gasteiger charge is 2.17. The monoisotopic (exact) mass is 359 g/mol. The SMILES string of the molecule is CCOc1ccc(S(=O)(=O)NNC(=O)c2c[nH]c3ccccc23)cc1. The first-order valence-electron chi connectivity index (χ1n) is 7.62. The van der Waals surface area contributed by atoms with Gasteiger partial charge in [-0.25, -0.2) is 8.42 Å². The molecule has 0 aliphatic heterocycles. The largest absolute Gasteiger partial charge is 0.494 e. The second-order valence-electron chi connectivity index (χ2n) is 5.21. The van der Waals surface area contributed by atoms with Crippen molar-refractivity contribution in [2.24, 2.45) is 0 Å². The van der Waals surface area contributed by atoms with Gasteiger partial charge in [0.15, 0.2) is 0 Å². The molecule has 0 aliphatic carbocycles. The number of hydrogen-bond donors (Lipinski definition) is 3. The number of amides is 1. The fraction of sp³-hybridized carbons (Fsp3) is 0.118. The van der Waals surface area contributed by atoms with E-state index in [-0.39, 0.29) is 4.90 Å². The van der Waals surface area contributed by atoms with E-state index in [0.717, 1.165) is 5.52 Å². The Labute approximate surface area is 145 Å². The zero-order chi connectivity index (χ0) is 17.9. The second kappa shape index (κ2) is 6.96. The maximum Gasteiger partial charge on any atom is 0.268 e. The fourth-order valence-electron chi connectivity index (χ4n) is 2.38. The fourth-order valence-corrected chi connectivity index (χ4v) is 3.22. The van der Waals surface area contributed by atoms with Gasteiger partial charge in [0.1, 0.15) is 5.75 Å². The summed E-state index contributed by atoms with van der Waals surface area (Å²) in [5.74, 6) is 0.0243. The minimum atomic E-state index is -3.88. The van der Waals surface area contributed by atoms with E-state index < -0.39 is 15.9 Å². The van der Waals surface area contributed by atoms with Crippen molar-refractivity contribution in [3.63, 3.8) is 0 Å². The number of sulfonamides is 1. The van der Waals surface area contributed by atoms with E-state index in [1.165, 1.54) is 18.3 Å². The molecule has 0 saturated carbocycles. The van der Waals surface area contributed by atoms with Crippen LogP contribution in [0, 0.1) is 0 Å². The molecule has 1 aromatic heterocycles. The van der Waals surface area contributed by atoms with Crippen LogP contribution in [0.25, 0.3) is 10.9 Å². The van der Waals surface area contributed by atoms with Gasteiger partial charge in [-0.2, -0.15) is 0 Å². The third-order valence-electron chi connectivity index (χ3n) is 3.58. The van der Waals surface area contributed by atoms with Crippen molar-refractivity contribution in [3.05, 3.63) is 60.3 Å². The molecule has 0 bridgehead atoms. The van der Waals surface area contributed by atoms with E-state index in [2.05, 4.69) is 15.2 Å². The number of para-hydroxylation sites is 1. The summed E-state index contributed by atoms with van der Waals surface area (Å²) in [5.41, 5.74) is 3.37. The average Bonchev–Trinajstić information content (AvgIpc) is 3.05. The van der Waals surface area contributed by atoms with E-state index in [4.69, 9.17) is 4.74 Å². The quantitative estimate of drug-likeness (QED) is 0.587. The van der Waals surface area contributed by atoms with Crippen molar-refractivity contribution < 1.29 is 17.9 Å². The number of ether oxygens (including phenoxy) is 1. The summed E-state index contributed by atoms with van der Waals surface area (Å²) in [6, 6.07) is 13.2. The standard InChI is InChI=1S/C17H17N3O4S/c1-2-24-12-7-9-13(10-8-12)25(22,23)20-19-17(21)15-11-18-16-6-4-3-5-14(15)16/h3-11,18,20H,2H2,1H3,(H,19,21). The minimum absolute atomic E-state index is 0.0233. The van der Waals surface area contributed by atoms with Crippen LogP contribution in [0.3, 0.4) is 0 Å². The van der Waals surface area contributed by atoms with Gasteiger partial charge in [0.05, 0.1) is 17.1 Å². The molecule has 0 atom stereocenters. The molecule has 0 aliphatic rings. The van der Waals surface area contributed by atoms with E-state index in [1.54, 1.807) is 24.3 Å². The van der Waals surface area contributed by atoms with Crippen LogP contribution in [0.2, 0.25) is 0 Å². The van der Waals surface area contributed by atoms with Crippen molar-refractivity contribution in [3.8, 4) is 5.75 Å². The summed E-state index contributed by atoms with van der Waals surface area (Å²) in [7, 11) is -3.88. The number of rotatable bonds is 6. The number of fused-ring (bicyclic) bond motifs is 1. The minimum Gasteiger partial charge on any atom is -0.494 e. The van der Waals surface area contributed by atoms with Crippen LogP contribution in [0.15, 0.2) is 59.6 Å². The van der Waals surface area contributed by atoms with Crippen molar-refractivity contribution >= 4 is 26.8 Å². The van der Waals surface area contributed by atoms with Crippen LogP contribution >= 0.6 is 0 Å². The molecular formula is C17H17N3O4S. The maximum atomic E-state index is 12.3. The molecule has 7 nitrogen and oxygen atoms in total. The number of H-pyrrole nitrogens is 1. The number of benzene rings is 2. The predicted molar refractivity (Wildman–Crippen MR) is 93.7 cm³/mol. The molecule has 3 rings (SSSR count). The van der Waals surface area contributed by atoms with Crippen LogP contribution in [-0.2, 0) is 10.0 Å². The summed E-state index contributed by atoms with van der Waals surface area (Å²) in [5, 5.41) is 0.709. The third-order valence-corrected chi connectivity index (χ3v) is 4.84. The number of aromatic nitrogens is 1. The van der Waals surface area contributed by atoms with E-state index >= 15 is 0 Å². The highest BCUT2D eigenvalue weighted by molar-refractivity contribution is 7.89. The number of aromatic amines is 1. The van der Waals surface area contributed by atoms with Gasteiger partial charge in [-0.3, -0.25) is 10.2 Å². The van der Waals surface area contributed by atoms with Crippen molar-refractivity contribution in [2.45, 2.75) is 11.8 Å². The summed E-state index contributed by atoms with van der Waals surface area (Å²) in [6.45, 7) is 2.33. The molecule has 0 spiro atoms. The summed E-state index contributed by atoms with van der Waals surface area (Å²) in [6.07, 6.45) is 1.53. The molecule has 0 fully saturated rings. The molecule has 1 heterocycles. The van der Waals surface area contributed by atoms with Gasteiger partial charge < -0.3 is 9.72 Å². The first-order valence-corrected chi connectivity index (χ1v) is 9.10. The number of hydrazine groups is 1. The number of carbonyl (C=O) groups excluding carboxylic acids is 1. The highest BCUT2D eigenvalue weighted by Crippen LogP contribution is 2.18. The van der Waals surface area contributed by atoms with Crippen LogP contribution in [0.4, 0.5) is 0 Å². The normalized spacial score (nSPS) is 11.4. The molecule has 8 heteroatoms. The Morgan fingerprint density at radius 2 is 1.84 bits per heavy atom. The lowest BCUT2D eigenvalue weighted by atomic mass is 10.2. The summed E-state index contributed by atoms with van der Waals surface area (Å²) in [4.78, 5) is 17.3. The highest BCUT2D eigenvalue weighted by atomic mass is 32.2. The molecule has 0 saturated heterocycles. The van der Waals surface area contributed by atoms with Gasteiger partial charge in [-0.05, 0) is 37.3 Å². The Hall–Kier alpha value is -2.84. The van der Waals surface area contributed by atoms with Crippen LogP contribution in [0.1, 0.15) is 17.3 Å². The molecule has 0 unspecified atom stereocenters. The Balaban J connectivity index is 1.72. The van der Waals surface area contributed by atoms with E-state index in [9.17, 15) is 13.2 Å². The number of hydrogen-bond acceptors (Lipinski definition) is 4. The smallest absolute Gasteiger partial charge is 0.268 e. The Morgan fingerprint density at radius 1 is 1.12 bits per heavy atom. The Morgan fingerprint density at radius 3 is 2.56 bits per heavy atom. The Kier molecular flexibility index (Phi) is 4.73. The molecule has 3 aromatic rings. The lowest BCUT2D eigenvalue weighted by molar-refractivity contribution is 0.0947. The lowest BCUT2D eigenvalue weighted by Crippen LogP contribution is -2.41. The molecule has 0 radical (unpaired) electrons. The average molecular weight is 359 g/mol. The molecule has 25 heavy (non-hydrogen) atoms. The van der Waals surface area contributed by atoms with Crippen molar-refractivity contribution in [2.75, 3.05) is 6.61 Å². The Bertz CT molecular complexity index is 994. The zero-order valence-electron chi connectivity index (χ0n) is 13.4. The van der Waals surface area contributed by atoms with Crippen molar-refractivity contribution in [1.82, 2.24) is 15.2 Å². The zero-order valence-corrected chi connectivity index (χ0v) is 14.3. The first kappa shape index (κ1) is 17.0.